The quantitative estimate of drug-likeness (QED) is 0.755. The lowest BCUT2D eigenvalue weighted by atomic mass is 10.1. The summed E-state index contributed by atoms with van der Waals surface area (Å²) in [5, 5.41) is 0. The highest BCUT2D eigenvalue weighted by Gasteiger charge is 2.39. The van der Waals surface area contributed by atoms with Gasteiger partial charge in [-0.15, -0.1) is 0 Å². The summed E-state index contributed by atoms with van der Waals surface area (Å²) in [5.41, 5.74) is 1.17. The van der Waals surface area contributed by atoms with Crippen molar-refractivity contribution < 1.29 is 23.9 Å². The molecule has 1 unspecified atom stereocenters. The van der Waals surface area contributed by atoms with Crippen molar-refractivity contribution in [1.29, 1.82) is 0 Å². The monoisotopic (exact) mass is 417 g/mol. The Bertz CT molecular complexity index is 825. The zero-order valence-corrected chi connectivity index (χ0v) is 18.4. The van der Waals surface area contributed by atoms with Gasteiger partial charge in [0.15, 0.2) is 0 Å². The lowest BCUT2D eigenvalue weighted by Crippen LogP contribution is -2.53. The van der Waals surface area contributed by atoms with Crippen molar-refractivity contribution in [2.24, 2.45) is 5.92 Å². The Morgan fingerprint density at radius 2 is 1.70 bits per heavy atom. The molecule has 0 bridgehead atoms. The van der Waals surface area contributed by atoms with Gasteiger partial charge in [0, 0.05) is 39.1 Å². The fourth-order valence-electron chi connectivity index (χ4n) is 3.81. The number of piperazine rings is 1. The molecule has 2 saturated heterocycles. The second kappa shape index (κ2) is 8.53. The third-order valence-electron chi connectivity index (χ3n) is 5.34. The summed E-state index contributed by atoms with van der Waals surface area (Å²) in [5.74, 6) is 0.106. The topological polar surface area (TPSA) is 79.4 Å². The van der Waals surface area contributed by atoms with Crippen LogP contribution in [0.1, 0.15) is 32.8 Å². The second-order valence-corrected chi connectivity index (χ2v) is 8.87. The zero-order chi connectivity index (χ0) is 22.1. The Morgan fingerprint density at radius 3 is 2.30 bits per heavy atom. The average Bonchev–Trinajstić information content (AvgIpc) is 3.07. The molecular formula is C22H31N3O5. The molecule has 2 heterocycles. The molecule has 3 rings (SSSR count). The number of ether oxygens (including phenoxy) is 2. The molecule has 0 spiro atoms. The van der Waals surface area contributed by atoms with Gasteiger partial charge in [0.1, 0.15) is 11.4 Å². The number of aryl methyl sites for hydroxylation is 1. The van der Waals surface area contributed by atoms with Crippen LogP contribution in [0.15, 0.2) is 18.2 Å². The first kappa shape index (κ1) is 21.9. The van der Waals surface area contributed by atoms with Crippen molar-refractivity contribution >= 4 is 23.6 Å². The minimum absolute atomic E-state index is 0.0405. The molecule has 0 aromatic heterocycles. The van der Waals surface area contributed by atoms with Crippen LogP contribution in [-0.4, -0.2) is 73.1 Å². The summed E-state index contributed by atoms with van der Waals surface area (Å²) < 4.78 is 10.8. The van der Waals surface area contributed by atoms with E-state index in [1.54, 1.807) is 21.8 Å². The van der Waals surface area contributed by atoms with Crippen LogP contribution in [0.5, 0.6) is 5.75 Å². The van der Waals surface area contributed by atoms with E-state index >= 15 is 0 Å². The van der Waals surface area contributed by atoms with Gasteiger partial charge in [-0.2, -0.15) is 0 Å². The zero-order valence-electron chi connectivity index (χ0n) is 18.4. The largest absolute Gasteiger partial charge is 0.495 e. The molecule has 0 saturated carbocycles. The van der Waals surface area contributed by atoms with Crippen molar-refractivity contribution in [3.05, 3.63) is 23.8 Å². The Balaban J connectivity index is 1.61. The summed E-state index contributed by atoms with van der Waals surface area (Å²) in [6.45, 7) is 9.52. The number of amides is 3. The van der Waals surface area contributed by atoms with Gasteiger partial charge in [-0.3, -0.25) is 9.59 Å². The first-order chi connectivity index (χ1) is 14.1. The van der Waals surface area contributed by atoms with Crippen molar-refractivity contribution in [2.75, 3.05) is 44.7 Å². The van der Waals surface area contributed by atoms with Crippen molar-refractivity contribution in [1.82, 2.24) is 9.80 Å². The standard InChI is InChI=1S/C22H31N3O5/c1-15-6-7-18(29-5)17(12-15)25-14-16(13-19(25)26)20(27)23-8-10-24(11-9-23)21(28)30-22(2,3)4/h6-7,12,16H,8-11,13-14H2,1-5H3. The Morgan fingerprint density at radius 1 is 1.07 bits per heavy atom. The van der Waals surface area contributed by atoms with Crippen LogP contribution in [0.4, 0.5) is 10.5 Å². The van der Waals surface area contributed by atoms with E-state index in [0.717, 1.165) is 5.56 Å². The number of nitrogens with zero attached hydrogens (tertiary/aromatic N) is 3. The molecule has 2 aliphatic heterocycles. The lowest BCUT2D eigenvalue weighted by molar-refractivity contribution is -0.137. The van der Waals surface area contributed by atoms with E-state index in [4.69, 9.17) is 9.47 Å². The van der Waals surface area contributed by atoms with Gasteiger partial charge in [0.05, 0.1) is 18.7 Å². The summed E-state index contributed by atoms with van der Waals surface area (Å²) in [6.07, 6.45) is -0.175. The maximum atomic E-state index is 13.0. The molecule has 1 aromatic rings. The highest BCUT2D eigenvalue weighted by atomic mass is 16.6. The molecule has 0 aliphatic carbocycles. The molecular weight excluding hydrogens is 386 g/mol. The van der Waals surface area contributed by atoms with Gasteiger partial charge >= 0.3 is 6.09 Å². The highest BCUT2D eigenvalue weighted by molar-refractivity contribution is 6.01. The first-order valence-corrected chi connectivity index (χ1v) is 10.3. The smallest absolute Gasteiger partial charge is 0.410 e. The van der Waals surface area contributed by atoms with Crippen LogP contribution in [0, 0.1) is 12.8 Å². The minimum Gasteiger partial charge on any atom is -0.495 e. The summed E-state index contributed by atoms with van der Waals surface area (Å²) >= 11 is 0. The van der Waals surface area contributed by atoms with Crippen molar-refractivity contribution in [3.63, 3.8) is 0 Å². The van der Waals surface area contributed by atoms with E-state index in [9.17, 15) is 14.4 Å². The lowest BCUT2D eigenvalue weighted by Gasteiger charge is -2.36. The predicted molar refractivity (Wildman–Crippen MR) is 113 cm³/mol. The van der Waals surface area contributed by atoms with E-state index in [1.165, 1.54) is 0 Å². The molecule has 8 heteroatoms. The summed E-state index contributed by atoms with van der Waals surface area (Å²) in [4.78, 5) is 42.9. The van der Waals surface area contributed by atoms with E-state index < -0.39 is 11.5 Å². The molecule has 0 radical (unpaired) electrons. The van der Waals surface area contributed by atoms with Gasteiger partial charge in [-0.25, -0.2) is 4.79 Å². The summed E-state index contributed by atoms with van der Waals surface area (Å²) in [6, 6.07) is 5.67. The molecule has 0 N–H and O–H groups in total. The number of hydrogen-bond acceptors (Lipinski definition) is 5. The fraction of sp³-hybridized carbons (Fsp3) is 0.591. The van der Waals surface area contributed by atoms with Crippen LogP contribution < -0.4 is 9.64 Å². The molecule has 2 aliphatic rings. The number of benzene rings is 1. The molecule has 2 fully saturated rings. The third kappa shape index (κ3) is 4.86. The Kier molecular flexibility index (Phi) is 6.24. The van der Waals surface area contributed by atoms with Gasteiger partial charge in [-0.1, -0.05) is 6.07 Å². The molecule has 30 heavy (non-hydrogen) atoms. The van der Waals surface area contributed by atoms with Gasteiger partial charge in [0.25, 0.3) is 0 Å². The van der Waals surface area contributed by atoms with Gasteiger partial charge in [0.2, 0.25) is 11.8 Å². The molecule has 8 nitrogen and oxygen atoms in total. The maximum Gasteiger partial charge on any atom is 0.410 e. The second-order valence-electron chi connectivity index (χ2n) is 8.87. The minimum atomic E-state index is -0.547. The molecule has 1 aromatic carbocycles. The van der Waals surface area contributed by atoms with E-state index in [2.05, 4.69) is 0 Å². The number of rotatable bonds is 3. The number of carbonyl (C=O) groups excluding carboxylic acids is 3. The number of anilines is 1. The molecule has 1 atom stereocenters. The Hall–Kier alpha value is -2.77. The maximum absolute atomic E-state index is 13.0. The van der Waals surface area contributed by atoms with Crippen molar-refractivity contribution in [2.45, 2.75) is 39.7 Å². The summed E-state index contributed by atoms with van der Waals surface area (Å²) in [7, 11) is 1.57. The van der Waals surface area contributed by atoms with Gasteiger partial charge < -0.3 is 24.2 Å². The fourth-order valence-corrected chi connectivity index (χ4v) is 3.81. The van der Waals surface area contributed by atoms with Crippen LogP contribution >= 0.6 is 0 Å². The van der Waals surface area contributed by atoms with Crippen LogP contribution in [0.2, 0.25) is 0 Å². The van der Waals surface area contributed by atoms with E-state index in [0.29, 0.717) is 44.2 Å². The normalized spacial score (nSPS) is 19.8. The van der Waals surface area contributed by atoms with Crippen molar-refractivity contribution in [3.8, 4) is 5.75 Å². The highest BCUT2D eigenvalue weighted by Crippen LogP contribution is 2.34. The number of hydrogen-bond donors (Lipinski definition) is 0. The molecule has 164 valence electrons. The van der Waals surface area contributed by atoms with Crippen LogP contribution in [0.25, 0.3) is 0 Å². The number of methoxy groups -OCH3 is 1. The average molecular weight is 418 g/mol. The molecule has 3 amide bonds. The number of carbonyl (C=O) groups is 3. The predicted octanol–water partition coefficient (Wildman–Crippen LogP) is 2.44. The Labute approximate surface area is 177 Å². The first-order valence-electron chi connectivity index (χ1n) is 10.3. The van der Waals surface area contributed by atoms with Gasteiger partial charge in [-0.05, 0) is 45.4 Å². The SMILES string of the molecule is COc1ccc(C)cc1N1CC(C(=O)N2CCN(C(=O)OC(C)(C)C)CC2)CC1=O. The van der Waals surface area contributed by atoms with E-state index in [1.807, 2.05) is 45.9 Å². The third-order valence-corrected chi connectivity index (χ3v) is 5.34. The van der Waals surface area contributed by atoms with Crippen LogP contribution in [0.3, 0.4) is 0 Å². The van der Waals surface area contributed by atoms with E-state index in [-0.39, 0.29) is 24.3 Å². The van der Waals surface area contributed by atoms with Crippen LogP contribution in [-0.2, 0) is 14.3 Å².